The lowest BCUT2D eigenvalue weighted by atomic mass is 10.1. The minimum Gasteiger partial charge on any atom is -0.439 e. The van der Waals surface area contributed by atoms with E-state index in [1.165, 1.54) is 0 Å². The Labute approximate surface area is 150 Å². The number of carbonyl (C=O) groups excluding carboxylic acids is 1. The van der Waals surface area contributed by atoms with E-state index >= 15 is 0 Å². The fourth-order valence-electron chi connectivity index (χ4n) is 3.01. The second-order valence-electron chi connectivity index (χ2n) is 6.48. The number of amides is 2. The van der Waals surface area contributed by atoms with Gasteiger partial charge in [-0.1, -0.05) is 0 Å². The Bertz CT molecular complexity index is 946. The standard InChI is InChI=1S/C18H20N6O2/c1-11-20-10-16(26-11)15-6-12-7-17(22-9-13(12)8-21-15)23-18(25)24-4-2-14(19)3-5-24/h6-10,14H,2-5,19H2,1H3,(H,22,23,25). The molecule has 0 spiro atoms. The van der Waals surface area contributed by atoms with Gasteiger partial charge >= 0.3 is 6.03 Å². The average molecular weight is 352 g/mol. The minimum absolute atomic E-state index is 0.149. The summed E-state index contributed by atoms with van der Waals surface area (Å²) in [6.45, 7) is 3.12. The van der Waals surface area contributed by atoms with Gasteiger partial charge in [-0.05, 0) is 30.4 Å². The normalized spacial score (nSPS) is 15.4. The zero-order valence-electron chi connectivity index (χ0n) is 14.5. The number of aryl methyl sites for hydroxylation is 1. The Morgan fingerprint density at radius 1 is 1.15 bits per heavy atom. The summed E-state index contributed by atoms with van der Waals surface area (Å²) in [7, 11) is 0. The van der Waals surface area contributed by atoms with Crippen LogP contribution in [0.1, 0.15) is 18.7 Å². The highest BCUT2D eigenvalue weighted by atomic mass is 16.4. The number of pyridine rings is 2. The highest BCUT2D eigenvalue weighted by Gasteiger charge is 2.20. The summed E-state index contributed by atoms with van der Waals surface area (Å²) < 4.78 is 5.53. The van der Waals surface area contributed by atoms with Crippen LogP contribution >= 0.6 is 0 Å². The SMILES string of the molecule is Cc1ncc(-c2cc3cc(NC(=O)N4CCC(N)CC4)ncc3cn2)o1. The van der Waals surface area contributed by atoms with Crippen molar-refractivity contribution < 1.29 is 9.21 Å². The van der Waals surface area contributed by atoms with Crippen LogP contribution in [0.2, 0.25) is 0 Å². The van der Waals surface area contributed by atoms with Gasteiger partial charge in [-0.2, -0.15) is 0 Å². The van der Waals surface area contributed by atoms with Crippen molar-refractivity contribution in [1.82, 2.24) is 19.9 Å². The number of piperidine rings is 1. The summed E-state index contributed by atoms with van der Waals surface area (Å²) in [5, 5.41) is 4.65. The fraction of sp³-hybridized carbons (Fsp3) is 0.333. The van der Waals surface area contributed by atoms with Crippen molar-refractivity contribution in [3.05, 3.63) is 36.6 Å². The molecule has 1 aliphatic rings. The maximum atomic E-state index is 12.4. The second kappa shape index (κ2) is 6.72. The van der Waals surface area contributed by atoms with E-state index in [2.05, 4.69) is 20.3 Å². The van der Waals surface area contributed by atoms with Gasteiger partial charge in [0.1, 0.15) is 11.5 Å². The first-order chi connectivity index (χ1) is 12.6. The summed E-state index contributed by atoms with van der Waals surface area (Å²) in [5.41, 5.74) is 6.57. The highest BCUT2D eigenvalue weighted by Crippen LogP contribution is 2.24. The molecule has 3 aromatic heterocycles. The van der Waals surface area contributed by atoms with Crippen molar-refractivity contribution in [3.8, 4) is 11.5 Å². The first-order valence-electron chi connectivity index (χ1n) is 8.58. The molecular formula is C18H20N6O2. The summed E-state index contributed by atoms with van der Waals surface area (Å²) in [6, 6.07) is 3.76. The number of aromatic nitrogens is 3. The first kappa shape index (κ1) is 16.5. The molecule has 1 saturated heterocycles. The van der Waals surface area contributed by atoms with E-state index in [4.69, 9.17) is 10.2 Å². The molecule has 3 aromatic rings. The molecule has 8 heteroatoms. The highest BCUT2D eigenvalue weighted by molar-refractivity contribution is 5.92. The van der Waals surface area contributed by atoms with E-state index in [0.717, 1.165) is 23.6 Å². The van der Waals surface area contributed by atoms with E-state index < -0.39 is 0 Å². The van der Waals surface area contributed by atoms with Crippen molar-refractivity contribution in [1.29, 1.82) is 0 Å². The molecule has 0 radical (unpaired) electrons. The largest absolute Gasteiger partial charge is 0.439 e. The van der Waals surface area contributed by atoms with Gasteiger partial charge < -0.3 is 15.1 Å². The Hall–Kier alpha value is -3.00. The zero-order chi connectivity index (χ0) is 18.1. The lowest BCUT2D eigenvalue weighted by molar-refractivity contribution is 0.195. The number of fused-ring (bicyclic) bond motifs is 1. The molecule has 0 unspecified atom stereocenters. The second-order valence-corrected chi connectivity index (χ2v) is 6.48. The Kier molecular flexibility index (Phi) is 4.26. The third-order valence-corrected chi connectivity index (χ3v) is 4.54. The van der Waals surface area contributed by atoms with Crippen LogP contribution < -0.4 is 11.1 Å². The van der Waals surface area contributed by atoms with Gasteiger partial charge in [0.25, 0.3) is 0 Å². The van der Waals surface area contributed by atoms with Crippen LogP contribution in [0.3, 0.4) is 0 Å². The van der Waals surface area contributed by atoms with E-state index in [1.807, 2.05) is 12.1 Å². The minimum atomic E-state index is -0.149. The molecule has 134 valence electrons. The number of hydrogen-bond donors (Lipinski definition) is 2. The maximum Gasteiger partial charge on any atom is 0.323 e. The van der Waals surface area contributed by atoms with Gasteiger partial charge in [0, 0.05) is 43.8 Å². The molecule has 4 rings (SSSR count). The summed E-state index contributed by atoms with van der Waals surface area (Å²) in [6.07, 6.45) is 6.72. The van der Waals surface area contributed by atoms with Crippen LogP contribution in [0, 0.1) is 6.92 Å². The molecule has 2 amide bonds. The number of nitrogens with one attached hydrogen (secondary N) is 1. The molecule has 0 saturated carbocycles. The molecule has 0 bridgehead atoms. The van der Waals surface area contributed by atoms with Gasteiger partial charge in [-0.15, -0.1) is 0 Å². The Morgan fingerprint density at radius 2 is 1.92 bits per heavy atom. The molecule has 26 heavy (non-hydrogen) atoms. The number of hydrogen-bond acceptors (Lipinski definition) is 6. The van der Waals surface area contributed by atoms with Crippen molar-refractivity contribution in [2.45, 2.75) is 25.8 Å². The predicted molar refractivity (Wildman–Crippen MR) is 97.6 cm³/mol. The topological polar surface area (TPSA) is 110 Å². The monoisotopic (exact) mass is 352 g/mol. The van der Waals surface area contributed by atoms with Crippen LogP contribution in [0.5, 0.6) is 0 Å². The van der Waals surface area contributed by atoms with E-state index in [1.54, 1.807) is 30.4 Å². The van der Waals surface area contributed by atoms with Crippen LogP contribution in [0.25, 0.3) is 22.2 Å². The molecule has 0 aromatic carbocycles. The summed E-state index contributed by atoms with van der Waals surface area (Å²) >= 11 is 0. The van der Waals surface area contributed by atoms with E-state index in [0.29, 0.717) is 36.3 Å². The number of nitrogens with zero attached hydrogens (tertiary/aromatic N) is 4. The smallest absolute Gasteiger partial charge is 0.323 e. The molecule has 4 heterocycles. The van der Waals surface area contributed by atoms with Crippen LogP contribution in [-0.4, -0.2) is 45.0 Å². The van der Waals surface area contributed by atoms with Gasteiger partial charge in [-0.3, -0.25) is 10.3 Å². The molecule has 0 aliphatic carbocycles. The Balaban J connectivity index is 1.55. The first-order valence-corrected chi connectivity index (χ1v) is 8.58. The quantitative estimate of drug-likeness (QED) is 0.733. The van der Waals surface area contributed by atoms with E-state index in [-0.39, 0.29) is 12.1 Å². The van der Waals surface area contributed by atoms with Gasteiger partial charge in [0.15, 0.2) is 11.7 Å². The summed E-state index contributed by atoms with van der Waals surface area (Å²) in [4.78, 5) is 26.9. The number of anilines is 1. The zero-order valence-corrected chi connectivity index (χ0v) is 14.5. The Morgan fingerprint density at radius 3 is 2.65 bits per heavy atom. The summed E-state index contributed by atoms with van der Waals surface area (Å²) in [5.74, 6) is 1.70. The third-order valence-electron chi connectivity index (χ3n) is 4.54. The molecule has 3 N–H and O–H groups in total. The van der Waals surface area contributed by atoms with Gasteiger partial charge in [-0.25, -0.2) is 14.8 Å². The lowest BCUT2D eigenvalue weighted by Gasteiger charge is -2.30. The average Bonchev–Trinajstić information content (AvgIpc) is 3.08. The van der Waals surface area contributed by atoms with Crippen LogP contribution in [0.15, 0.2) is 35.1 Å². The van der Waals surface area contributed by atoms with Crippen molar-refractivity contribution in [3.63, 3.8) is 0 Å². The van der Waals surface area contributed by atoms with Crippen LogP contribution in [0.4, 0.5) is 10.6 Å². The van der Waals surface area contributed by atoms with Gasteiger partial charge in [0.2, 0.25) is 0 Å². The molecule has 0 atom stereocenters. The predicted octanol–water partition coefficient (Wildman–Crippen LogP) is 2.55. The van der Waals surface area contributed by atoms with Crippen molar-refractivity contribution in [2.75, 3.05) is 18.4 Å². The number of nitrogens with two attached hydrogens (primary N) is 1. The molecule has 8 nitrogen and oxygen atoms in total. The van der Waals surface area contributed by atoms with Crippen LogP contribution in [-0.2, 0) is 0 Å². The number of rotatable bonds is 2. The fourth-order valence-corrected chi connectivity index (χ4v) is 3.01. The number of urea groups is 1. The number of carbonyl (C=O) groups is 1. The molecular weight excluding hydrogens is 332 g/mol. The maximum absolute atomic E-state index is 12.4. The van der Waals surface area contributed by atoms with Crippen molar-refractivity contribution >= 4 is 22.6 Å². The molecule has 1 fully saturated rings. The van der Waals surface area contributed by atoms with E-state index in [9.17, 15) is 4.79 Å². The van der Waals surface area contributed by atoms with Gasteiger partial charge in [0.05, 0.1) is 6.20 Å². The van der Waals surface area contributed by atoms with Crippen molar-refractivity contribution in [2.24, 2.45) is 5.73 Å². The third kappa shape index (κ3) is 3.36. The lowest BCUT2D eigenvalue weighted by Crippen LogP contribution is -2.44. The molecule has 1 aliphatic heterocycles. The number of likely N-dealkylation sites (tertiary alicyclic amines) is 1. The number of oxazole rings is 1.